The fourth-order valence-electron chi connectivity index (χ4n) is 2.68. The number of nitrogens with two attached hydrogens (primary N) is 1. The molecule has 1 aliphatic carbocycles. The third-order valence-electron chi connectivity index (χ3n) is 3.92. The molecule has 0 bridgehead atoms. The third kappa shape index (κ3) is 3.98. The molecule has 0 unspecified atom stereocenters. The average molecular weight is 256 g/mol. The Kier molecular flexibility index (Phi) is 5.59. The molecule has 18 heavy (non-hydrogen) atoms. The van der Waals surface area contributed by atoms with Crippen LogP contribution in [0, 0.1) is 5.41 Å². The van der Waals surface area contributed by atoms with E-state index in [0.717, 1.165) is 25.7 Å². The molecule has 0 aromatic carbocycles. The smallest absolute Gasteiger partial charge is 0.326 e. The zero-order valence-electron chi connectivity index (χ0n) is 11.1. The van der Waals surface area contributed by atoms with E-state index < -0.39 is 12.0 Å². The highest BCUT2D eigenvalue weighted by molar-refractivity contribution is 5.83. The maximum absolute atomic E-state index is 11.9. The molecule has 5 heteroatoms. The van der Waals surface area contributed by atoms with E-state index in [0.29, 0.717) is 19.4 Å². The van der Waals surface area contributed by atoms with Gasteiger partial charge in [0, 0.05) is 6.42 Å². The monoisotopic (exact) mass is 256 g/mol. The van der Waals surface area contributed by atoms with E-state index in [9.17, 15) is 9.59 Å². The Balaban J connectivity index is 2.54. The van der Waals surface area contributed by atoms with Gasteiger partial charge >= 0.3 is 5.97 Å². The van der Waals surface area contributed by atoms with Crippen LogP contribution in [0.15, 0.2) is 0 Å². The maximum Gasteiger partial charge on any atom is 0.326 e. The second-order valence-electron chi connectivity index (χ2n) is 5.31. The predicted molar refractivity (Wildman–Crippen MR) is 69.0 cm³/mol. The van der Waals surface area contributed by atoms with E-state index in [1.807, 2.05) is 0 Å². The van der Waals surface area contributed by atoms with Crippen molar-refractivity contribution < 1.29 is 14.7 Å². The van der Waals surface area contributed by atoms with E-state index in [1.54, 1.807) is 6.92 Å². The number of carboxylic acids is 1. The van der Waals surface area contributed by atoms with Crippen molar-refractivity contribution in [1.29, 1.82) is 0 Å². The summed E-state index contributed by atoms with van der Waals surface area (Å²) >= 11 is 0. The van der Waals surface area contributed by atoms with Crippen LogP contribution in [0.5, 0.6) is 0 Å². The Bertz CT molecular complexity index is 299. The molecule has 1 aliphatic rings. The largest absolute Gasteiger partial charge is 0.480 e. The van der Waals surface area contributed by atoms with Gasteiger partial charge in [-0.15, -0.1) is 0 Å². The summed E-state index contributed by atoms with van der Waals surface area (Å²) in [5.74, 6) is -1.16. The van der Waals surface area contributed by atoms with Crippen molar-refractivity contribution in [2.75, 3.05) is 6.54 Å². The van der Waals surface area contributed by atoms with E-state index in [2.05, 4.69) is 5.32 Å². The zero-order chi connectivity index (χ0) is 13.6. The summed E-state index contributed by atoms with van der Waals surface area (Å²) in [4.78, 5) is 22.8. The topological polar surface area (TPSA) is 92.4 Å². The minimum absolute atomic E-state index is 0.112. The van der Waals surface area contributed by atoms with Crippen LogP contribution in [0.4, 0.5) is 0 Å². The number of hydrogen-bond donors (Lipinski definition) is 3. The first kappa shape index (κ1) is 15.0. The molecule has 0 radical (unpaired) electrons. The van der Waals surface area contributed by atoms with Crippen molar-refractivity contribution in [3.8, 4) is 0 Å². The standard InChI is InChI=1S/C13H24N2O3/c1-2-10(12(17)18)15-11(16)8-13(9-14)6-4-3-5-7-13/h10H,2-9,14H2,1H3,(H,15,16)(H,17,18)/t10-/m0/s1. The first-order valence-electron chi connectivity index (χ1n) is 6.75. The molecule has 1 fully saturated rings. The van der Waals surface area contributed by atoms with Gasteiger partial charge in [0.25, 0.3) is 0 Å². The van der Waals surface area contributed by atoms with Gasteiger partial charge in [0.2, 0.25) is 5.91 Å². The zero-order valence-corrected chi connectivity index (χ0v) is 11.1. The van der Waals surface area contributed by atoms with Gasteiger partial charge in [-0.2, -0.15) is 0 Å². The van der Waals surface area contributed by atoms with Crippen molar-refractivity contribution in [3.05, 3.63) is 0 Å². The lowest BCUT2D eigenvalue weighted by Gasteiger charge is -2.35. The minimum Gasteiger partial charge on any atom is -0.480 e. The lowest BCUT2D eigenvalue weighted by molar-refractivity contribution is -0.142. The summed E-state index contributed by atoms with van der Waals surface area (Å²) in [5.41, 5.74) is 5.70. The molecule has 1 amide bonds. The number of hydrogen-bond acceptors (Lipinski definition) is 3. The molecular formula is C13H24N2O3. The second kappa shape index (κ2) is 6.73. The fourth-order valence-corrected chi connectivity index (χ4v) is 2.68. The van der Waals surface area contributed by atoms with E-state index >= 15 is 0 Å². The molecule has 5 nitrogen and oxygen atoms in total. The van der Waals surface area contributed by atoms with Gasteiger partial charge in [-0.1, -0.05) is 26.2 Å². The van der Waals surface area contributed by atoms with Gasteiger partial charge in [-0.25, -0.2) is 4.79 Å². The van der Waals surface area contributed by atoms with Gasteiger partial charge in [-0.05, 0) is 31.2 Å². The summed E-state index contributed by atoms with van der Waals surface area (Å²) in [6.45, 7) is 2.25. The molecule has 4 N–H and O–H groups in total. The number of rotatable bonds is 6. The number of aliphatic carboxylic acids is 1. The SMILES string of the molecule is CC[C@H](NC(=O)CC1(CN)CCCCC1)C(=O)O. The van der Waals surface area contributed by atoms with Crippen molar-refractivity contribution in [2.45, 2.75) is 57.9 Å². The van der Waals surface area contributed by atoms with Crippen LogP contribution in [0.3, 0.4) is 0 Å². The molecule has 0 heterocycles. The molecule has 1 rings (SSSR count). The van der Waals surface area contributed by atoms with Crippen LogP contribution in [-0.2, 0) is 9.59 Å². The summed E-state index contributed by atoms with van der Waals surface area (Å²) < 4.78 is 0. The van der Waals surface area contributed by atoms with E-state index in [1.165, 1.54) is 6.42 Å². The molecule has 104 valence electrons. The molecule has 1 saturated carbocycles. The molecule has 1 atom stereocenters. The second-order valence-corrected chi connectivity index (χ2v) is 5.31. The number of nitrogens with one attached hydrogen (secondary N) is 1. The highest BCUT2D eigenvalue weighted by Gasteiger charge is 2.33. The highest BCUT2D eigenvalue weighted by Crippen LogP contribution is 2.38. The molecule has 0 saturated heterocycles. The number of amides is 1. The Morgan fingerprint density at radius 1 is 1.33 bits per heavy atom. The molecule has 0 aromatic rings. The highest BCUT2D eigenvalue weighted by atomic mass is 16.4. The predicted octanol–water partition coefficient (Wildman–Crippen LogP) is 1.27. The number of carbonyl (C=O) groups is 2. The number of carboxylic acid groups (broad SMARTS) is 1. The Morgan fingerprint density at radius 2 is 1.94 bits per heavy atom. The Labute approximate surface area is 108 Å². The van der Waals surface area contributed by atoms with Crippen LogP contribution >= 0.6 is 0 Å². The van der Waals surface area contributed by atoms with Crippen LogP contribution in [0.25, 0.3) is 0 Å². The van der Waals surface area contributed by atoms with Crippen LogP contribution in [0.1, 0.15) is 51.9 Å². The first-order valence-corrected chi connectivity index (χ1v) is 6.75. The van der Waals surface area contributed by atoms with Crippen LogP contribution in [0.2, 0.25) is 0 Å². The lowest BCUT2D eigenvalue weighted by atomic mass is 9.71. The number of carbonyl (C=O) groups excluding carboxylic acids is 1. The van der Waals surface area contributed by atoms with Crippen LogP contribution < -0.4 is 11.1 Å². The summed E-state index contributed by atoms with van der Waals surface area (Å²) in [5, 5.41) is 11.5. The van der Waals surface area contributed by atoms with Gasteiger partial charge in [-0.3, -0.25) is 4.79 Å². The Morgan fingerprint density at radius 3 is 2.39 bits per heavy atom. The summed E-state index contributed by atoms with van der Waals surface area (Å²) in [6.07, 6.45) is 6.13. The normalized spacial score (nSPS) is 20.1. The minimum atomic E-state index is -0.976. The molecular weight excluding hydrogens is 232 g/mol. The average Bonchev–Trinajstić information content (AvgIpc) is 2.36. The maximum atomic E-state index is 11.9. The molecule has 0 aromatic heterocycles. The van der Waals surface area contributed by atoms with Crippen LogP contribution in [-0.4, -0.2) is 29.6 Å². The van der Waals surface area contributed by atoms with Gasteiger partial charge in [0.05, 0.1) is 0 Å². The molecule has 0 aliphatic heterocycles. The van der Waals surface area contributed by atoms with Gasteiger partial charge < -0.3 is 16.2 Å². The molecule has 0 spiro atoms. The summed E-state index contributed by atoms with van der Waals surface area (Å²) in [7, 11) is 0. The van der Waals surface area contributed by atoms with Crippen molar-refractivity contribution in [2.24, 2.45) is 11.1 Å². The third-order valence-corrected chi connectivity index (χ3v) is 3.92. The van der Waals surface area contributed by atoms with Gasteiger partial charge in [0.1, 0.15) is 6.04 Å². The first-order chi connectivity index (χ1) is 8.53. The summed E-state index contributed by atoms with van der Waals surface area (Å²) in [6, 6.07) is -0.782. The quantitative estimate of drug-likeness (QED) is 0.667. The van der Waals surface area contributed by atoms with Crippen molar-refractivity contribution >= 4 is 11.9 Å². The lowest BCUT2D eigenvalue weighted by Crippen LogP contribution is -2.44. The fraction of sp³-hybridized carbons (Fsp3) is 0.846. The van der Waals surface area contributed by atoms with E-state index in [4.69, 9.17) is 10.8 Å². The van der Waals surface area contributed by atoms with Crippen molar-refractivity contribution in [1.82, 2.24) is 5.32 Å². The Hall–Kier alpha value is -1.10. The van der Waals surface area contributed by atoms with Gasteiger partial charge in [0.15, 0.2) is 0 Å². The van der Waals surface area contributed by atoms with E-state index in [-0.39, 0.29) is 11.3 Å². The van der Waals surface area contributed by atoms with Crippen molar-refractivity contribution in [3.63, 3.8) is 0 Å².